The van der Waals surface area contributed by atoms with Gasteiger partial charge in [-0.05, 0) is 35.8 Å². The topological polar surface area (TPSA) is 25.2 Å². The molecule has 2 nitrogen and oxygen atoms in total. The first-order valence-corrected chi connectivity index (χ1v) is 6.14. The molecule has 0 bridgehead atoms. The average molecular weight is 234 g/mol. The quantitative estimate of drug-likeness (QED) is 0.782. The number of pyridine rings is 1. The van der Waals surface area contributed by atoms with Crippen molar-refractivity contribution in [2.45, 2.75) is 6.42 Å². The van der Waals surface area contributed by atoms with Gasteiger partial charge in [0.1, 0.15) is 0 Å². The van der Waals surface area contributed by atoms with Gasteiger partial charge in [-0.2, -0.15) is 0 Å². The Kier molecular flexibility index (Phi) is 3.01. The zero-order valence-electron chi connectivity index (χ0n) is 10.1. The zero-order valence-corrected chi connectivity index (χ0v) is 10.1. The fourth-order valence-electron chi connectivity index (χ4n) is 2.18. The number of hydrogen-bond donors (Lipinski definition) is 0. The molecule has 1 aromatic carbocycles. The van der Waals surface area contributed by atoms with Crippen LogP contribution in [0.5, 0.6) is 0 Å². The van der Waals surface area contributed by atoms with E-state index in [1.807, 2.05) is 18.3 Å². The highest BCUT2D eigenvalue weighted by Gasteiger charge is 2.15. The third-order valence-corrected chi connectivity index (χ3v) is 3.03. The van der Waals surface area contributed by atoms with Crippen molar-refractivity contribution in [1.29, 1.82) is 0 Å². The Bertz CT molecular complexity index is 583. The maximum absolute atomic E-state index is 4.59. The SMILES string of the molecule is C(=C1CCN=C1c1cccnc1)c1ccccc1. The van der Waals surface area contributed by atoms with Crippen LogP contribution < -0.4 is 0 Å². The molecule has 0 saturated heterocycles. The van der Waals surface area contributed by atoms with Gasteiger partial charge in [0.05, 0.1) is 5.71 Å². The predicted octanol–water partition coefficient (Wildman–Crippen LogP) is 3.36. The Morgan fingerprint density at radius 1 is 1.00 bits per heavy atom. The van der Waals surface area contributed by atoms with E-state index in [9.17, 15) is 0 Å². The molecule has 0 amide bonds. The van der Waals surface area contributed by atoms with E-state index < -0.39 is 0 Å². The minimum Gasteiger partial charge on any atom is -0.284 e. The van der Waals surface area contributed by atoms with Gasteiger partial charge in [0, 0.05) is 24.5 Å². The Hall–Kier alpha value is -2.22. The van der Waals surface area contributed by atoms with Crippen LogP contribution in [-0.2, 0) is 0 Å². The first-order valence-electron chi connectivity index (χ1n) is 6.14. The summed E-state index contributed by atoms with van der Waals surface area (Å²) in [5, 5.41) is 0. The van der Waals surface area contributed by atoms with Gasteiger partial charge >= 0.3 is 0 Å². The molecular formula is C16H14N2. The largest absolute Gasteiger partial charge is 0.284 e. The number of aliphatic imine (C=N–C) groups is 1. The summed E-state index contributed by atoms with van der Waals surface area (Å²) in [6, 6.07) is 14.4. The summed E-state index contributed by atoms with van der Waals surface area (Å²) in [5.74, 6) is 0. The Balaban J connectivity index is 1.95. The predicted molar refractivity (Wildman–Crippen MR) is 74.7 cm³/mol. The van der Waals surface area contributed by atoms with Crippen LogP contribution in [0.25, 0.3) is 6.08 Å². The van der Waals surface area contributed by atoms with Crippen molar-refractivity contribution in [3.63, 3.8) is 0 Å². The van der Waals surface area contributed by atoms with E-state index >= 15 is 0 Å². The van der Waals surface area contributed by atoms with Crippen molar-refractivity contribution in [2.75, 3.05) is 6.54 Å². The fourth-order valence-corrected chi connectivity index (χ4v) is 2.18. The standard InChI is InChI=1S/C16H14N2/c1-2-5-13(6-3-1)11-14-8-10-18-16(14)15-7-4-9-17-12-15/h1-7,9,11-12H,8,10H2. The number of hydrogen-bond acceptors (Lipinski definition) is 2. The van der Waals surface area contributed by atoms with Gasteiger partial charge in [0.15, 0.2) is 0 Å². The van der Waals surface area contributed by atoms with E-state index in [4.69, 9.17) is 0 Å². The van der Waals surface area contributed by atoms with E-state index in [1.54, 1.807) is 6.20 Å². The van der Waals surface area contributed by atoms with Crippen LogP contribution in [-0.4, -0.2) is 17.2 Å². The lowest BCUT2D eigenvalue weighted by molar-refractivity contribution is 1.05. The minimum atomic E-state index is 0.878. The van der Waals surface area contributed by atoms with Crippen molar-refractivity contribution < 1.29 is 0 Å². The van der Waals surface area contributed by atoms with Crippen LogP contribution in [0.3, 0.4) is 0 Å². The summed E-state index contributed by atoms with van der Waals surface area (Å²) in [6.07, 6.45) is 6.90. The molecule has 0 aliphatic carbocycles. The summed E-state index contributed by atoms with van der Waals surface area (Å²) in [7, 11) is 0. The van der Waals surface area contributed by atoms with Crippen molar-refractivity contribution >= 4 is 11.8 Å². The number of rotatable bonds is 2. The molecule has 0 radical (unpaired) electrons. The Morgan fingerprint density at radius 2 is 1.89 bits per heavy atom. The second-order valence-corrected chi connectivity index (χ2v) is 4.30. The first kappa shape index (κ1) is 10.9. The van der Waals surface area contributed by atoms with E-state index in [-0.39, 0.29) is 0 Å². The molecule has 2 aromatic rings. The molecule has 0 N–H and O–H groups in total. The molecule has 1 aliphatic rings. The van der Waals surface area contributed by atoms with Gasteiger partial charge in [-0.15, -0.1) is 0 Å². The summed E-state index contributed by atoms with van der Waals surface area (Å²) in [4.78, 5) is 8.75. The van der Waals surface area contributed by atoms with Crippen LogP contribution in [0, 0.1) is 0 Å². The van der Waals surface area contributed by atoms with Crippen molar-refractivity contribution in [3.05, 3.63) is 71.6 Å². The molecule has 0 unspecified atom stereocenters. The van der Waals surface area contributed by atoms with E-state index in [1.165, 1.54) is 11.1 Å². The maximum atomic E-state index is 4.59. The third-order valence-electron chi connectivity index (χ3n) is 3.03. The summed E-state index contributed by atoms with van der Waals surface area (Å²) in [5.41, 5.74) is 4.73. The molecule has 0 fully saturated rings. The average Bonchev–Trinajstić information content (AvgIpc) is 2.89. The van der Waals surface area contributed by atoms with Gasteiger partial charge in [-0.25, -0.2) is 0 Å². The minimum absolute atomic E-state index is 0.878. The summed E-state index contributed by atoms with van der Waals surface area (Å²) >= 11 is 0. The Morgan fingerprint density at radius 3 is 2.67 bits per heavy atom. The second-order valence-electron chi connectivity index (χ2n) is 4.30. The molecule has 0 spiro atoms. The van der Waals surface area contributed by atoms with E-state index in [0.29, 0.717) is 0 Å². The molecule has 3 rings (SSSR count). The highest BCUT2D eigenvalue weighted by atomic mass is 14.8. The summed E-state index contributed by atoms with van der Waals surface area (Å²) in [6.45, 7) is 0.878. The molecule has 2 heterocycles. The van der Waals surface area contributed by atoms with Gasteiger partial charge in [-0.1, -0.05) is 30.3 Å². The smallest absolute Gasteiger partial charge is 0.0695 e. The lowest BCUT2D eigenvalue weighted by atomic mass is 10.0. The summed E-state index contributed by atoms with van der Waals surface area (Å²) < 4.78 is 0. The third kappa shape index (κ3) is 2.23. The highest BCUT2D eigenvalue weighted by molar-refractivity contribution is 6.15. The molecule has 1 aromatic heterocycles. The lowest BCUT2D eigenvalue weighted by Gasteiger charge is -2.03. The number of nitrogens with zero attached hydrogens (tertiary/aromatic N) is 2. The van der Waals surface area contributed by atoms with Crippen LogP contribution in [0.2, 0.25) is 0 Å². The van der Waals surface area contributed by atoms with Crippen LogP contribution >= 0.6 is 0 Å². The molecule has 1 aliphatic heterocycles. The monoisotopic (exact) mass is 234 g/mol. The number of aromatic nitrogens is 1. The zero-order chi connectivity index (χ0) is 12.2. The Labute approximate surface area is 107 Å². The first-order chi connectivity index (χ1) is 8.93. The van der Waals surface area contributed by atoms with Crippen LogP contribution in [0.1, 0.15) is 17.5 Å². The van der Waals surface area contributed by atoms with E-state index in [2.05, 4.69) is 46.4 Å². The molecule has 0 saturated carbocycles. The number of benzene rings is 1. The van der Waals surface area contributed by atoms with Crippen LogP contribution in [0.15, 0.2) is 65.4 Å². The lowest BCUT2D eigenvalue weighted by Crippen LogP contribution is -2.00. The van der Waals surface area contributed by atoms with Crippen molar-refractivity contribution in [3.8, 4) is 0 Å². The van der Waals surface area contributed by atoms with Crippen molar-refractivity contribution in [1.82, 2.24) is 4.98 Å². The second kappa shape index (κ2) is 4.96. The normalized spacial score (nSPS) is 16.9. The van der Waals surface area contributed by atoms with Crippen molar-refractivity contribution in [2.24, 2.45) is 4.99 Å². The van der Waals surface area contributed by atoms with Crippen LogP contribution in [0.4, 0.5) is 0 Å². The molecule has 0 atom stereocenters. The van der Waals surface area contributed by atoms with Gasteiger partial charge < -0.3 is 0 Å². The van der Waals surface area contributed by atoms with Gasteiger partial charge in [0.2, 0.25) is 0 Å². The molecular weight excluding hydrogens is 220 g/mol. The maximum Gasteiger partial charge on any atom is 0.0695 e. The van der Waals surface area contributed by atoms with Gasteiger partial charge in [0.25, 0.3) is 0 Å². The van der Waals surface area contributed by atoms with Gasteiger partial charge in [-0.3, -0.25) is 9.98 Å². The molecule has 18 heavy (non-hydrogen) atoms. The molecule has 2 heteroatoms. The molecule has 88 valence electrons. The fraction of sp³-hybridized carbons (Fsp3) is 0.125. The highest BCUT2D eigenvalue weighted by Crippen LogP contribution is 2.21. The van der Waals surface area contributed by atoms with E-state index in [0.717, 1.165) is 24.2 Å².